The minimum atomic E-state index is -5.45. The van der Waals surface area contributed by atoms with Gasteiger partial charge in [-0.3, -0.25) is 0 Å². The molecule has 0 fully saturated rings. The smallest absolute Gasteiger partial charge is 0.237 e. The van der Waals surface area contributed by atoms with Crippen LogP contribution in [0.15, 0.2) is 0 Å². The van der Waals surface area contributed by atoms with Gasteiger partial charge in [0.2, 0.25) is 0 Å². The fourth-order valence-electron chi connectivity index (χ4n) is 0.944. The van der Waals surface area contributed by atoms with E-state index in [9.17, 15) is 27.1 Å². The van der Waals surface area contributed by atoms with Crippen LogP contribution in [0.1, 0.15) is 32.1 Å². The predicted octanol–water partition coefficient (Wildman–Crippen LogP) is 3.57. The SMILES string of the molecule is [O]CCCCCCC(F)(F)C(F)(F)F. The third-order valence-corrected chi connectivity index (χ3v) is 1.80. The van der Waals surface area contributed by atoms with Gasteiger partial charge in [-0.15, -0.1) is 0 Å². The van der Waals surface area contributed by atoms with Crippen LogP contribution in [-0.2, 0) is 5.11 Å². The van der Waals surface area contributed by atoms with E-state index in [4.69, 9.17) is 0 Å². The third-order valence-electron chi connectivity index (χ3n) is 1.80. The van der Waals surface area contributed by atoms with Crippen molar-refractivity contribution in [3.8, 4) is 0 Å². The zero-order valence-corrected chi connectivity index (χ0v) is 7.54. The molecule has 0 saturated heterocycles. The van der Waals surface area contributed by atoms with Crippen molar-refractivity contribution in [1.29, 1.82) is 0 Å². The first-order valence-corrected chi connectivity index (χ1v) is 4.34. The molecule has 0 aliphatic carbocycles. The first-order valence-electron chi connectivity index (χ1n) is 4.34. The molecular weight excluding hydrogens is 207 g/mol. The lowest BCUT2D eigenvalue weighted by molar-refractivity contribution is -0.284. The Morgan fingerprint density at radius 3 is 1.71 bits per heavy atom. The van der Waals surface area contributed by atoms with Crippen molar-refractivity contribution < 1.29 is 27.1 Å². The molecule has 0 N–H and O–H groups in total. The molecule has 0 aromatic carbocycles. The maximum absolute atomic E-state index is 12.3. The molecule has 85 valence electrons. The lowest BCUT2D eigenvalue weighted by Gasteiger charge is -2.19. The van der Waals surface area contributed by atoms with Crippen LogP contribution in [0, 0.1) is 0 Å². The highest BCUT2D eigenvalue weighted by atomic mass is 19.4. The van der Waals surface area contributed by atoms with E-state index < -0.39 is 18.5 Å². The van der Waals surface area contributed by atoms with Crippen LogP contribution in [0.25, 0.3) is 0 Å². The van der Waals surface area contributed by atoms with Crippen molar-refractivity contribution in [2.24, 2.45) is 0 Å². The monoisotopic (exact) mass is 219 g/mol. The molecule has 0 rings (SSSR count). The molecule has 0 heterocycles. The minimum Gasteiger partial charge on any atom is -0.237 e. The summed E-state index contributed by atoms with van der Waals surface area (Å²) in [5.74, 6) is -4.59. The van der Waals surface area contributed by atoms with Crippen molar-refractivity contribution in [2.45, 2.75) is 44.2 Å². The number of hydrogen-bond donors (Lipinski definition) is 0. The zero-order chi connectivity index (χ0) is 11.2. The van der Waals surface area contributed by atoms with Gasteiger partial charge in [-0.05, 0) is 12.8 Å². The van der Waals surface area contributed by atoms with E-state index >= 15 is 0 Å². The first-order chi connectivity index (χ1) is 6.31. The molecule has 6 heteroatoms. The highest BCUT2D eigenvalue weighted by molar-refractivity contribution is 4.75. The van der Waals surface area contributed by atoms with Crippen LogP contribution in [-0.4, -0.2) is 18.7 Å². The summed E-state index contributed by atoms with van der Waals surface area (Å²) in [7, 11) is 0. The Morgan fingerprint density at radius 1 is 0.786 bits per heavy atom. The quantitative estimate of drug-likeness (QED) is 0.480. The van der Waals surface area contributed by atoms with E-state index in [-0.39, 0.29) is 19.4 Å². The van der Waals surface area contributed by atoms with Gasteiger partial charge in [-0.1, -0.05) is 12.8 Å². The molecule has 0 unspecified atom stereocenters. The maximum atomic E-state index is 12.3. The summed E-state index contributed by atoms with van der Waals surface area (Å²) in [4.78, 5) is 0. The van der Waals surface area contributed by atoms with Crippen molar-refractivity contribution in [3.05, 3.63) is 0 Å². The normalized spacial score (nSPS) is 13.3. The fraction of sp³-hybridized carbons (Fsp3) is 1.00. The molecule has 0 amide bonds. The molecule has 0 atom stereocenters. The largest absolute Gasteiger partial charge is 0.453 e. The second-order valence-electron chi connectivity index (χ2n) is 3.07. The Bertz CT molecular complexity index is 154. The van der Waals surface area contributed by atoms with E-state index in [1.165, 1.54) is 0 Å². The summed E-state index contributed by atoms with van der Waals surface area (Å²) in [6.45, 7) is -0.310. The van der Waals surface area contributed by atoms with Gasteiger partial charge < -0.3 is 0 Å². The van der Waals surface area contributed by atoms with Crippen LogP contribution in [0.5, 0.6) is 0 Å². The Morgan fingerprint density at radius 2 is 1.29 bits per heavy atom. The summed E-state index contributed by atoms with van der Waals surface area (Å²) in [5.41, 5.74) is 0. The number of halogens is 5. The Labute approximate surface area is 78.9 Å². The Hall–Kier alpha value is -0.390. The minimum absolute atomic E-state index is 0.202. The molecule has 0 spiro atoms. The van der Waals surface area contributed by atoms with Crippen LogP contribution in [0.3, 0.4) is 0 Å². The second-order valence-corrected chi connectivity index (χ2v) is 3.07. The van der Waals surface area contributed by atoms with Gasteiger partial charge in [0.15, 0.2) is 0 Å². The van der Waals surface area contributed by atoms with Gasteiger partial charge in [0, 0.05) is 6.42 Å². The molecule has 1 radical (unpaired) electrons. The van der Waals surface area contributed by atoms with Gasteiger partial charge in [-0.2, -0.15) is 22.0 Å². The zero-order valence-electron chi connectivity index (χ0n) is 7.54. The molecule has 0 aromatic rings. The molecule has 0 aliphatic rings. The van der Waals surface area contributed by atoms with Gasteiger partial charge >= 0.3 is 12.1 Å². The number of rotatable bonds is 6. The molecule has 0 bridgehead atoms. The fourth-order valence-corrected chi connectivity index (χ4v) is 0.944. The van der Waals surface area contributed by atoms with E-state index in [2.05, 4.69) is 0 Å². The lowest BCUT2D eigenvalue weighted by atomic mass is 10.1. The van der Waals surface area contributed by atoms with Crippen LogP contribution in [0.4, 0.5) is 22.0 Å². The van der Waals surface area contributed by atoms with Crippen LogP contribution < -0.4 is 0 Å². The van der Waals surface area contributed by atoms with E-state index in [1.807, 2.05) is 0 Å². The molecular formula is C8H12F5O. The van der Waals surface area contributed by atoms with Gasteiger partial charge in [-0.25, -0.2) is 5.11 Å². The molecule has 14 heavy (non-hydrogen) atoms. The van der Waals surface area contributed by atoms with Gasteiger partial charge in [0.25, 0.3) is 0 Å². The molecule has 0 aromatic heterocycles. The summed E-state index contributed by atoms with van der Waals surface area (Å²) >= 11 is 0. The average molecular weight is 219 g/mol. The Kier molecular flexibility index (Phi) is 5.33. The molecule has 0 saturated carbocycles. The summed E-state index contributed by atoms with van der Waals surface area (Å²) in [5, 5.41) is 9.92. The summed E-state index contributed by atoms with van der Waals surface area (Å²) < 4.78 is 59.3. The van der Waals surface area contributed by atoms with E-state index in [1.54, 1.807) is 0 Å². The lowest BCUT2D eigenvalue weighted by Crippen LogP contribution is -2.36. The van der Waals surface area contributed by atoms with Crippen molar-refractivity contribution >= 4 is 0 Å². The highest BCUT2D eigenvalue weighted by Crippen LogP contribution is 2.39. The number of unbranched alkanes of at least 4 members (excludes halogenated alkanes) is 3. The predicted molar refractivity (Wildman–Crippen MR) is 39.6 cm³/mol. The highest BCUT2D eigenvalue weighted by Gasteiger charge is 2.56. The van der Waals surface area contributed by atoms with Crippen LogP contribution in [0.2, 0.25) is 0 Å². The van der Waals surface area contributed by atoms with Crippen molar-refractivity contribution in [1.82, 2.24) is 0 Å². The number of alkyl halides is 5. The first kappa shape index (κ1) is 13.6. The van der Waals surface area contributed by atoms with E-state index in [0.29, 0.717) is 12.8 Å². The number of hydrogen-bond acceptors (Lipinski definition) is 0. The standard InChI is InChI=1S/C8H12F5O/c9-7(10,8(11,12)13)5-3-1-2-4-6-14/h1-6H2. The second kappa shape index (κ2) is 5.48. The maximum Gasteiger partial charge on any atom is 0.453 e. The van der Waals surface area contributed by atoms with Gasteiger partial charge in [0.05, 0.1) is 6.61 Å². The van der Waals surface area contributed by atoms with Gasteiger partial charge in [0.1, 0.15) is 0 Å². The summed E-state index contributed by atoms with van der Waals surface area (Å²) in [6, 6.07) is 0. The van der Waals surface area contributed by atoms with Crippen LogP contribution >= 0.6 is 0 Å². The summed E-state index contributed by atoms with van der Waals surface area (Å²) in [6.07, 6.45) is -5.85. The van der Waals surface area contributed by atoms with E-state index in [0.717, 1.165) is 0 Å². The molecule has 1 nitrogen and oxygen atoms in total. The molecule has 0 aliphatic heterocycles. The Balaban J connectivity index is 3.67. The topological polar surface area (TPSA) is 19.9 Å². The average Bonchev–Trinajstić information content (AvgIpc) is 2.02. The third kappa shape index (κ3) is 4.74. The van der Waals surface area contributed by atoms with Crippen molar-refractivity contribution in [2.75, 3.05) is 6.61 Å². The van der Waals surface area contributed by atoms with Crippen molar-refractivity contribution in [3.63, 3.8) is 0 Å².